The number of rotatable bonds is 8. The summed E-state index contributed by atoms with van der Waals surface area (Å²) in [7, 11) is 0. The first-order valence-corrected chi connectivity index (χ1v) is 9.63. The minimum absolute atomic E-state index is 0.251. The van der Waals surface area contributed by atoms with E-state index in [4.69, 9.17) is 21.1 Å². The van der Waals surface area contributed by atoms with Gasteiger partial charge < -0.3 is 14.8 Å². The normalized spacial score (nSPS) is 10.8. The van der Waals surface area contributed by atoms with Crippen molar-refractivity contribution >= 4 is 29.2 Å². The van der Waals surface area contributed by atoms with Gasteiger partial charge in [0.15, 0.2) is 13.2 Å². The van der Waals surface area contributed by atoms with E-state index in [2.05, 4.69) is 33.0 Å². The second kappa shape index (κ2) is 10.1. The van der Waals surface area contributed by atoms with Crippen molar-refractivity contribution < 1.29 is 19.1 Å². The molecule has 0 atom stereocenters. The Bertz CT molecular complexity index is 807. The van der Waals surface area contributed by atoms with E-state index in [-0.39, 0.29) is 31.0 Å². The number of halogens is 1. The van der Waals surface area contributed by atoms with Gasteiger partial charge in [-0.05, 0) is 35.1 Å². The Kier molecular flexibility index (Phi) is 7.88. The number of ether oxygens (including phenoxy) is 2. The van der Waals surface area contributed by atoms with Crippen molar-refractivity contribution in [3.63, 3.8) is 0 Å². The number of para-hydroxylation sites is 2. The summed E-state index contributed by atoms with van der Waals surface area (Å²) in [4.78, 5) is 24.2. The summed E-state index contributed by atoms with van der Waals surface area (Å²) >= 11 is 5.96. The highest BCUT2D eigenvalue weighted by Crippen LogP contribution is 2.32. The third kappa shape index (κ3) is 5.99. The third-order valence-electron chi connectivity index (χ3n) is 4.18. The molecule has 0 spiro atoms. The zero-order valence-electron chi connectivity index (χ0n) is 16.6. The van der Waals surface area contributed by atoms with Gasteiger partial charge in [0, 0.05) is 5.69 Å². The lowest BCUT2D eigenvalue weighted by Gasteiger charge is -2.20. The molecule has 0 aliphatic carbocycles. The number of nitrogens with one attached hydrogen (secondary N) is 1. The molecule has 150 valence electrons. The molecule has 1 amide bonds. The monoisotopic (exact) mass is 403 g/mol. The van der Waals surface area contributed by atoms with E-state index >= 15 is 0 Å². The van der Waals surface area contributed by atoms with Gasteiger partial charge in [-0.25, -0.2) is 4.79 Å². The van der Waals surface area contributed by atoms with Crippen molar-refractivity contribution in [1.29, 1.82) is 0 Å². The van der Waals surface area contributed by atoms with Gasteiger partial charge in [0.1, 0.15) is 5.75 Å². The molecule has 1 N–H and O–H groups in total. The number of anilines is 1. The number of carbonyl (C=O) groups excluding carboxylic acids is 2. The van der Waals surface area contributed by atoms with Crippen LogP contribution in [0.15, 0.2) is 42.5 Å². The molecular formula is C22H26ClNO4. The second-order valence-corrected chi connectivity index (χ2v) is 7.46. The molecule has 0 bridgehead atoms. The molecule has 0 aliphatic heterocycles. The van der Waals surface area contributed by atoms with Crippen LogP contribution in [0.2, 0.25) is 5.02 Å². The lowest BCUT2D eigenvalue weighted by molar-refractivity contribution is -0.149. The van der Waals surface area contributed by atoms with Crippen LogP contribution < -0.4 is 10.1 Å². The molecule has 0 aromatic heterocycles. The molecule has 0 fully saturated rings. The molecule has 2 rings (SSSR count). The molecule has 0 aliphatic rings. The van der Waals surface area contributed by atoms with Crippen LogP contribution in [0.1, 0.15) is 50.7 Å². The van der Waals surface area contributed by atoms with E-state index in [1.54, 1.807) is 24.3 Å². The Morgan fingerprint density at radius 3 is 2.11 bits per heavy atom. The first-order valence-electron chi connectivity index (χ1n) is 9.25. The zero-order chi connectivity index (χ0) is 20.7. The van der Waals surface area contributed by atoms with Gasteiger partial charge in [-0.15, -0.1) is 0 Å². The standard InChI is InChI=1S/C22H26ClNO4/c1-14(2)16-8-7-9-17(15(3)4)22(16)24-20(25)12-28-21(26)13-27-19-11-6-5-10-18(19)23/h5-11,14-15H,12-13H2,1-4H3,(H,24,25). The summed E-state index contributed by atoms with van der Waals surface area (Å²) < 4.78 is 10.3. The highest BCUT2D eigenvalue weighted by atomic mass is 35.5. The Balaban J connectivity index is 1.94. The van der Waals surface area contributed by atoms with Crippen molar-refractivity contribution in [2.24, 2.45) is 0 Å². The van der Waals surface area contributed by atoms with E-state index < -0.39 is 5.97 Å². The zero-order valence-corrected chi connectivity index (χ0v) is 17.4. The maximum atomic E-state index is 12.3. The summed E-state index contributed by atoms with van der Waals surface area (Å²) in [6.45, 7) is 7.58. The van der Waals surface area contributed by atoms with Crippen LogP contribution in [0.3, 0.4) is 0 Å². The molecule has 0 radical (unpaired) electrons. The summed E-state index contributed by atoms with van der Waals surface area (Å²) in [5, 5.41) is 3.30. The fraction of sp³-hybridized carbons (Fsp3) is 0.364. The fourth-order valence-corrected chi connectivity index (χ4v) is 2.95. The highest BCUT2D eigenvalue weighted by Gasteiger charge is 2.17. The molecule has 0 unspecified atom stereocenters. The molecule has 28 heavy (non-hydrogen) atoms. The summed E-state index contributed by atoms with van der Waals surface area (Å²) in [6, 6.07) is 12.8. The van der Waals surface area contributed by atoms with Crippen LogP contribution in [-0.4, -0.2) is 25.1 Å². The van der Waals surface area contributed by atoms with Gasteiger partial charge in [0.2, 0.25) is 0 Å². The number of benzene rings is 2. The predicted octanol–water partition coefficient (Wildman–Crippen LogP) is 5.15. The van der Waals surface area contributed by atoms with E-state index in [0.717, 1.165) is 16.8 Å². The first-order chi connectivity index (χ1) is 13.3. The number of hydrogen-bond acceptors (Lipinski definition) is 4. The molecule has 2 aromatic carbocycles. The van der Waals surface area contributed by atoms with E-state index in [0.29, 0.717) is 10.8 Å². The molecular weight excluding hydrogens is 378 g/mol. The quantitative estimate of drug-likeness (QED) is 0.619. The number of carbonyl (C=O) groups is 2. The number of amides is 1. The van der Waals surface area contributed by atoms with Crippen molar-refractivity contribution in [2.75, 3.05) is 18.5 Å². The summed E-state index contributed by atoms with van der Waals surface area (Å²) in [6.07, 6.45) is 0. The lowest BCUT2D eigenvalue weighted by atomic mass is 9.92. The Morgan fingerprint density at radius 1 is 0.929 bits per heavy atom. The van der Waals surface area contributed by atoms with Crippen LogP contribution in [0.5, 0.6) is 5.75 Å². The van der Waals surface area contributed by atoms with Crippen molar-refractivity contribution in [2.45, 2.75) is 39.5 Å². The molecule has 0 saturated carbocycles. The fourth-order valence-electron chi connectivity index (χ4n) is 2.76. The summed E-state index contributed by atoms with van der Waals surface area (Å²) in [5.74, 6) is -0.142. The van der Waals surface area contributed by atoms with Gasteiger partial charge in [0.25, 0.3) is 5.91 Å². The topological polar surface area (TPSA) is 64.6 Å². The Morgan fingerprint density at radius 2 is 1.54 bits per heavy atom. The van der Waals surface area contributed by atoms with Gasteiger partial charge in [-0.1, -0.05) is 69.6 Å². The van der Waals surface area contributed by atoms with Gasteiger partial charge in [0.05, 0.1) is 5.02 Å². The van der Waals surface area contributed by atoms with Crippen molar-refractivity contribution in [1.82, 2.24) is 0 Å². The molecule has 0 heterocycles. The smallest absolute Gasteiger partial charge is 0.344 e. The van der Waals surface area contributed by atoms with E-state index in [9.17, 15) is 9.59 Å². The second-order valence-electron chi connectivity index (χ2n) is 7.05. The van der Waals surface area contributed by atoms with Crippen LogP contribution in [-0.2, 0) is 14.3 Å². The average molecular weight is 404 g/mol. The maximum absolute atomic E-state index is 12.3. The first kappa shape index (κ1) is 21.8. The third-order valence-corrected chi connectivity index (χ3v) is 4.50. The Labute approximate surface area is 171 Å². The molecule has 2 aromatic rings. The molecule has 0 saturated heterocycles. The van der Waals surface area contributed by atoms with E-state index in [1.807, 2.05) is 18.2 Å². The minimum Gasteiger partial charge on any atom is -0.480 e. The SMILES string of the molecule is CC(C)c1cccc(C(C)C)c1NC(=O)COC(=O)COc1ccccc1Cl. The molecule has 5 nitrogen and oxygen atoms in total. The predicted molar refractivity (Wildman–Crippen MR) is 111 cm³/mol. The minimum atomic E-state index is -0.642. The van der Waals surface area contributed by atoms with Crippen LogP contribution in [0, 0.1) is 0 Å². The van der Waals surface area contributed by atoms with Crippen LogP contribution in [0.25, 0.3) is 0 Å². The largest absolute Gasteiger partial charge is 0.480 e. The average Bonchev–Trinajstić information content (AvgIpc) is 2.65. The maximum Gasteiger partial charge on any atom is 0.344 e. The number of hydrogen-bond donors (Lipinski definition) is 1. The highest BCUT2D eigenvalue weighted by molar-refractivity contribution is 6.32. The van der Waals surface area contributed by atoms with Gasteiger partial charge in [-0.2, -0.15) is 0 Å². The van der Waals surface area contributed by atoms with E-state index in [1.165, 1.54) is 0 Å². The van der Waals surface area contributed by atoms with Crippen molar-refractivity contribution in [3.05, 3.63) is 58.6 Å². The van der Waals surface area contributed by atoms with Crippen LogP contribution >= 0.6 is 11.6 Å². The number of esters is 1. The summed E-state index contributed by atoms with van der Waals surface area (Å²) in [5.41, 5.74) is 2.89. The lowest BCUT2D eigenvalue weighted by Crippen LogP contribution is -2.25. The Hall–Kier alpha value is -2.53. The van der Waals surface area contributed by atoms with Crippen LogP contribution in [0.4, 0.5) is 5.69 Å². The van der Waals surface area contributed by atoms with Gasteiger partial charge >= 0.3 is 5.97 Å². The molecule has 6 heteroatoms. The van der Waals surface area contributed by atoms with Gasteiger partial charge in [-0.3, -0.25) is 4.79 Å². The van der Waals surface area contributed by atoms with Crippen molar-refractivity contribution in [3.8, 4) is 5.75 Å².